The number of anilines is 1. The molecule has 1 amide bonds. The highest BCUT2D eigenvalue weighted by molar-refractivity contribution is 5.96. The summed E-state index contributed by atoms with van der Waals surface area (Å²) in [7, 11) is 1.63. The Morgan fingerprint density at radius 1 is 1.40 bits per heavy atom. The lowest BCUT2D eigenvalue weighted by Gasteiger charge is -2.25. The molecular formula is C16H23N3O. The fraction of sp³-hybridized carbons (Fsp3) is 0.500. The minimum Gasteiger partial charge on any atom is -0.384 e. The number of carbonyl (C=O) groups excluding carboxylic acids is 1. The van der Waals surface area contributed by atoms with Crippen LogP contribution in [0.5, 0.6) is 0 Å². The largest absolute Gasteiger partial charge is 0.384 e. The highest BCUT2D eigenvalue weighted by atomic mass is 16.1. The maximum Gasteiger partial charge on any atom is 0.251 e. The lowest BCUT2D eigenvalue weighted by molar-refractivity contribution is 0.0962. The molecule has 0 aliphatic heterocycles. The monoisotopic (exact) mass is 273 g/mol. The minimum atomic E-state index is -0.0742. The van der Waals surface area contributed by atoms with Crippen molar-refractivity contribution in [2.75, 3.05) is 18.9 Å². The first-order valence-corrected chi connectivity index (χ1v) is 6.84. The van der Waals surface area contributed by atoms with Gasteiger partial charge in [0.15, 0.2) is 0 Å². The van der Waals surface area contributed by atoms with Gasteiger partial charge in [0.25, 0.3) is 5.91 Å². The Balaban J connectivity index is 2.79. The summed E-state index contributed by atoms with van der Waals surface area (Å²) >= 11 is 0. The van der Waals surface area contributed by atoms with Crippen molar-refractivity contribution in [2.24, 2.45) is 5.41 Å². The van der Waals surface area contributed by atoms with Crippen LogP contribution in [0.3, 0.4) is 0 Å². The van der Waals surface area contributed by atoms with Gasteiger partial charge in [-0.2, -0.15) is 5.26 Å². The van der Waals surface area contributed by atoms with Gasteiger partial charge >= 0.3 is 0 Å². The van der Waals surface area contributed by atoms with Gasteiger partial charge in [0.05, 0.1) is 6.07 Å². The van der Waals surface area contributed by atoms with E-state index in [1.54, 1.807) is 7.05 Å². The van der Waals surface area contributed by atoms with Crippen LogP contribution in [-0.4, -0.2) is 19.5 Å². The molecule has 1 aromatic carbocycles. The van der Waals surface area contributed by atoms with Crippen LogP contribution in [0.2, 0.25) is 0 Å². The molecule has 0 spiro atoms. The van der Waals surface area contributed by atoms with Crippen molar-refractivity contribution in [2.45, 2.75) is 33.6 Å². The van der Waals surface area contributed by atoms with Crippen molar-refractivity contribution in [3.05, 3.63) is 29.3 Å². The van der Waals surface area contributed by atoms with E-state index < -0.39 is 0 Å². The van der Waals surface area contributed by atoms with Gasteiger partial charge in [-0.3, -0.25) is 4.79 Å². The number of hydrogen-bond acceptors (Lipinski definition) is 3. The lowest BCUT2D eigenvalue weighted by Crippen LogP contribution is -2.24. The van der Waals surface area contributed by atoms with Crippen LogP contribution in [0.25, 0.3) is 0 Å². The Bertz CT molecular complexity index is 515. The summed E-state index contributed by atoms with van der Waals surface area (Å²) < 4.78 is 0. The molecule has 0 saturated heterocycles. The molecule has 1 aromatic rings. The quantitative estimate of drug-likeness (QED) is 0.837. The van der Waals surface area contributed by atoms with Crippen molar-refractivity contribution in [1.82, 2.24) is 5.32 Å². The van der Waals surface area contributed by atoms with Gasteiger partial charge in [0, 0.05) is 31.3 Å². The molecule has 4 heteroatoms. The third-order valence-corrected chi connectivity index (χ3v) is 3.48. The van der Waals surface area contributed by atoms with Gasteiger partial charge in [0.1, 0.15) is 0 Å². The summed E-state index contributed by atoms with van der Waals surface area (Å²) in [5.41, 5.74) is 2.65. The molecule has 1 rings (SSSR count). The van der Waals surface area contributed by atoms with Crippen LogP contribution < -0.4 is 10.6 Å². The zero-order chi connectivity index (χ0) is 15.2. The predicted molar refractivity (Wildman–Crippen MR) is 81.7 cm³/mol. The van der Waals surface area contributed by atoms with Gasteiger partial charge in [-0.15, -0.1) is 0 Å². The number of rotatable bonds is 6. The maximum absolute atomic E-state index is 11.8. The zero-order valence-electron chi connectivity index (χ0n) is 12.7. The van der Waals surface area contributed by atoms with E-state index >= 15 is 0 Å². The highest BCUT2D eigenvalue weighted by Gasteiger charge is 2.18. The second-order valence-corrected chi connectivity index (χ2v) is 5.73. The molecule has 0 aromatic heterocycles. The summed E-state index contributed by atoms with van der Waals surface area (Å²) in [6.07, 6.45) is 1.41. The highest BCUT2D eigenvalue weighted by Crippen LogP contribution is 2.25. The third-order valence-electron chi connectivity index (χ3n) is 3.48. The van der Waals surface area contributed by atoms with Crippen LogP contribution in [0.1, 0.15) is 42.6 Å². The Kier molecular flexibility index (Phi) is 5.57. The smallest absolute Gasteiger partial charge is 0.251 e. The number of amides is 1. The molecule has 0 unspecified atom stereocenters. The summed E-state index contributed by atoms with van der Waals surface area (Å²) in [6.45, 7) is 6.98. The van der Waals surface area contributed by atoms with Gasteiger partial charge < -0.3 is 10.6 Å². The number of carbonyl (C=O) groups is 1. The Morgan fingerprint density at radius 2 is 2.10 bits per heavy atom. The van der Waals surface area contributed by atoms with Crippen molar-refractivity contribution < 1.29 is 4.79 Å². The average Bonchev–Trinajstić information content (AvgIpc) is 2.43. The molecule has 0 aliphatic rings. The number of benzene rings is 1. The average molecular weight is 273 g/mol. The minimum absolute atomic E-state index is 0.0468. The second kappa shape index (κ2) is 6.95. The Hall–Kier alpha value is -2.02. The van der Waals surface area contributed by atoms with E-state index in [2.05, 4.69) is 30.6 Å². The molecule has 0 saturated carbocycles. The van der Waals surface area contributed by atoms with Gasteiger partial charge in [-0.05, 0) is 36.5 Å². The van der Waals surface area contributed by atoms with Crippen LogP contribution in [0, 0.1) is 23.7 Å². The molecule has 0 fully saturated rings. The van der Waals surface area contributed by atoms with Crippen molar-refractivity contribution in [3.8, 4) is 6.07 Å². The lowest BCUT2D eigenvalue weighted by atomic mass is 9.88. The van der Waals surface area contributed by atoms with E-state index in [0.29, 0.717) is 12.0 Å². The first-order chi connectivity index (χ1) is 9.41. The Labute approximate surface area is 121 Å². The van der Waals surface area contributed by atoms with Crippen LogP contribution >= 0.6 is 0 Å². The van der Waals surface area contributed by atoms with Crippen LogP contribution in [0.15, 0.2) is 18.2 Å². The van der Waals surface area contributed by atoms with E-state index in [0.717, 1.165) is 24.2 Å². The van der Waals surface area contributed by atoms with Crippen molar-refractivity contribution >= 4 is 11.6 Å². The first-order valence-electron chi connectivity index (χ1n) is 6.84. The number of nitrogens with zero attached hydrogens (tertiary/aromatic N) is 1. The molecule has 0 heterocycles. The molecule has 108 valence electrons. The molecule has 20 heavy (non-hydrogen) atoms. The van der Waals surface area contributed by atoms with E-state index in [1.807, 2.05) is 25.1 Å². The van der Waals surface area contributed by atoms with Gasteiger partial charge in [0.2, 0.25) is 0 Å². The van der Waals surface area contributed by atoms with E-state index in [9.17, 15) is 4.79 Å². The SMILES string of the molecule is CNC(=O)c1cccc(NCC(C)(C)CCC#N)c1C. The van der Waals surface area contributed by atoms with Crippen LogP contribution in [0.4, 0.5) is 5.69 Å². The van der Waals surface area contributed by atoms with E-state index in [4.69, 9.17) is 5.26 Å². The first kappa shape index (κ1) is 16.0. The molecular weight excluding hydrogens is 250 g/mol. The number of nitriles is 1. The zero-order valence-corrected chi connectivity index (χ0v) is 12.7. The summed E-state index contributed by atoms with van der Waals surface area (Å²) in [5.74, 6) is -0.0742. The number of nitrogens with one attached hydrogen (secondary N) is 2. The standard InChI is InChI=1S/C16H23N3O/c1-12-13(15(20)18-4)7-5-8-14(12)19-11-16(2,3)9-6-10-17/h5,7-8,19H,6,9,11H2,1-4H3,(H,18,20). The molecule has 0 radical (unpaired) electrons. The van der Waals surface area contributed by atoms with E-state index in [-0.39, 0.29) is 11.3 Å². The van der Waals surface area contributed by atoms with Crippen LogP contribution in [-0.2, 0) is 0 Å². The normalized spacial score (nSPS) is 10.8. The van der Waals surface area contributed by atoms with Crippen molar-refractivity contribution in [3.63, 3.8) is 0 Å². The molecule has 4 nitrogen and oxygen atoms in total. The van der Waals surface area contributed by atoms with E-state index in [1.165, 1.54) is 0 Å². The maximum atomic E-state index is 11.8. The Morgan fingerprint density at radius 3 is 2.70 bits per heavy atom. The number of hydrogen-bond donors (Lipinski definition) is 2. The topological polar surface area (TPSA) is 64.9 Å². The molecule has 0 atom stereocenters. The van der Waals surface area contributed by atoms with Gasteiger partial charge in [-0.1, -0.05) is 19.9 Å². The molecule has 2 N–H and O–H groups in total. The summed E-state index contributed by atoms with van der Waals surface area (Å²) in [6, 6.07) is 7.86. The third kappa shape index (κ3) is 4.27. The van der Waals surface area contributed by atoms with Gasteiger partial charge in [-0.25, -0.2) is 0 Å². The molecule has 0 bridgehead atoms. The fourth-order valence-corrected chi connectivity index (χ4v) is 2.02. The predicted octanol–water partition coefficient (Wildman–Crippen LogP) is 3.10. The fourth-order valence-electron chi connectivity index (χ4n) is 2.02. The summed E-state index contributed by atoms with van der Waals surface area (Å²) in [4.78, 5) is 11.8. The second-order valence-electron chi connectivity index (χ2n) is 5.73. The van der Waals surface area contributed by atoms with Crippen molar-refractivity contribution in [1.29, 1.82) is 5.26 Å². The molecule has 0 aliphatic carbocycles. The summed E-state index contributed by atoms with van der Waals surface area (Å²) in [5, 5.41) is 14.7.